The summed E-state index contributed by atoms with van der Waals surface area (Å²) in [5.74, 6) is 0.244. The zero-order valence-corrected chi connectivity index (χ0v) is 9.30. The van der Waals surface area contributed by atoms with Crippen LogP contribution in [0.25, 0.3) is 0 Å². The number of ether oxygens (including phenoxy) is 1. The number of aliphatic hydroxyl groups is 4. The second kappa shape index (κ2) is 6.42. The number of H-pyrrole nitrogens is 1. The summed E-state index contributed by atoms with van der Waals surface area (Å²) in [6.45, 7) is -0.407. The minimum absolute atomic E-state index is 0.244. The summed E-state index contributed by atoms with van der Waals surface area (Å²) in [6, 6.07) is 1.52. The number of hydrogen-bond donors (Lipinski definition) is 6. The highest BCUT2D eigenvalue weighted by molar-refractivity contribution is 5.22. The number of aliphatic hydroxyl groups excluding tert-OH is 4. The summed E-state index contributed by atoms with van der Waals surface area (Å²) >= 11 is 0. The quantitative estimate of drug-likeness (QED) is 0.307. The number of aromatic amines is 1. The average molecular weight is 261 g/mol. The fraction of sp³-hybridized carbons (Fsp3) is 0.556. The molecule has 0 bridgehead atoms. The average Bonchev–Trinajstić information content (AvgIpc) is 2.57. The summed E-state index contributed by atoms with van der Waals surface area (Å²) in [7, 11) is 0. The van der Waals surface area contributed by atoms with Crippen molar-refractivity contribution in [3.05, 3.63) is 22.7 Å². The molecule has 0 amide bonds. The zero-order valence-electron chi connectivity index (χ0n) is 9.30. The number of nitrogens with two attached hydrogens (primary N) is 1. The van der Waals surface area contributed by atoms with Crippen LogP contribution in [0.2, 0.25) is 0 Å². The molecule has 0 aromatic carbocycles. The van der Waals surface area contributed by atoms with Crippen molar-refractivity contribution in [3.8, 4) is 0 Å². The highest BCUT2D eigenvalue weighted by Crippen LogP contribution is 2.18. The minimum atomic E-state index is -1.38. The number of hydrogen-bond acceptors (Lipinski definition) is 8. The molecule has 1 saturated heterocycles. The second-order valence-electron chi connectivity index (χ2n) is 3.55. The largest absolute Gasteiger partial charge is 0.394 e. The van der Waals surface area contributed by atoms with E-state index < -0.39 is 36.9 Å². The first kappa shape index (κ1) is 14.5. The van der Waals surface area contributed by atoms with E-state index in [0.29, 0.717) is 0 Å². The van der Waals surface area contributed by atoms with Crippen LogP contribution in [0, 0.1) is 0 Å². The molecule has 1 fully saturated rings. The smallest absolute Gasteiger partial charge is 0.346 e. The van der Waals surface area contributed by atoms with E-state index in [0.717, 1.165) is 0 Å². The molecule has 0 spiro atoms. The van der Waals surface area contributed by atoms with Crippen molar-refractivity contribution >= 4 is 5.82 Å². The first-order valence-electron chi connectivity index (χ1n) is 5.07. The SMILES string of the molecule is Nc1cc[nH]c(=O)n1.OC[C@H]1OC(O)[C@H](O)[C@@H]1O. The lowest BCUT2D eigenvalue weighted by atomic mass is 10.1. The van der Waals surface area contributed by atoms with Gasteiger partial charge in [-0.3, -0.25) is 0 Å². The number of nitrogens with one attached hydrogen (secondary N) is 1. The zero-order chi connectivity index (χ0) is 13.7. The molecule has 0 saturated carbocycles. The normalized spacial score (nSPS) is 30.7. The molecule has 1 aromatic rings. The Hall–Kier alpha value is -1.52. The standard InChI is InChI=1S/C5H10O5.C4H5N3O/c6-1-2-3(7)4(8)5(9)10-2;5-3-1-2-6-4(8)7-3/h2-9H,1H2;1-2H,(H3,5,6,7,8)/t2-,3-,4-,5?;/m1./s1. The van der Waals surface area contributed by atoms with Crippen molar-refractivity contribution in [2.24, 2.45) is 0 Å². The van der Waals surface area contributed by atoms with Gasteiger partial charge in [0.25, 0.3) is 0 Å². The molecule has 1 aliphatic rings. The van der Waals surface area contributed by atoms with Crippen molar-refractivity contribution in [2.45, 2.75) is 24.6 Å². The Morgan fingerprint density at radius 3 is 2.33 bits per heavy atom. The van der Waals surface area contributed by atoms with Crippen LogP contribution in [0.4, 0.5) is 5.82 Å². The van der Waals surface area contributed by atoms with Crippen LogP contribution in [0.5, 0.6) is 0 Å². The van der Waals surface area contributed by atoms with Crippen LogP contribution in [-0.2, 0) is 4.74 Å². The fourth-order valence-corrected chi connectivity index (χ4v) is 1.26. The Morgan fingerprint density at radius 1 is 1.39 bits per heavy atom. The van der Waals surface area contributed by atoms with E-state index in [1.165, 1.54) is 12.3 Å². The molecule has 0 aliphatic carbocycles. The van der Waals surface area contributed by atoms with E-state index in [1.54, 1.807) is 0 Å². The molecule has 1 aromatic heterocycles. The van der Waals surface area contributed by atoms with Gasteiger partial charge in [-0.05, 0) is 6.07 Å². The molecule has 0 radical (unpaired) electrons. The number of rotatable bonds is 1. The summed E-state index contributed by atoms with van der Waals surface area (Å²) in [4.78, 5) is 15.9. The molecule has 9 nitrogen and oxygen atoms in total. The highest BCUT2D eigenvalue weighted by Gasteiger charge is 2.41. The third-order valence-electron chi connectivity index (χ3n) is 2.21. The van der Waals surface area contributed by atoms with Gasteiger partial charge >= 0.3 is 5.69 Å². The van der Waals surface area contributed by atoms with E-state index in [1.807, 2.05) is 0 Å². The topological polar surface area (TPSA) is 162 Å². The van der Waals surface area contributed by atoms with Gasteiger partial charge in [0.1, 0.15) is 24.1 Å². The lowest BCUT2D eigenvalue weighted by molar-refractivity contribution is -0.132. The summed E-state index contributed by atoms with van der Waals surface area (Å²) in [6.07, 6.45) is -3.31. The molecule has 2 rings (SSSR count). The van der Waals surface area contributed by atoms with E-state index in [2.05, 4.69) is 14.7 Å². The van der Waals surface area contributed by atoms with Gasteiger partial charge in [-0.1, -0.05) is 0 Å². The number of nitrogens with zero attached hydrogens (tertiary/aromatic N) is 1. The molecule has 9 heteroatoms. The molecule has 1 unspecified atom stereocenters. The first-order valence-corrected chi connectivity index (χ1v) is 5.07. The van der Waals surface area contributed by atoms with E-state index in [4.69, 9.17) is 26.2 Å². The van der Waals surface area contributed by atoms with Gasteiger partial charge in [0.05, 0.1) is 6.61 Å². The Kier molecular flexibility index (Phi) is 5.19. The predicted octanol–water partition coefficient (Wildman–Crippen LogP) is -3.23. The lowest BCUT2D eigenvalue weighted by Gasteiger charge is -2.09. The van der Waals surface area contributed by atoms with Crippen molar-refractivity contribution in [2.75, 3.05) is 12.3 Å². The van der Waals surface area contributed by atoms with Crippen molar-refractivity contribution in [1.29, 1.82) is 0 Å². The second-order valence-corrected chi connectivity index (χ2v) is 3.55. The monoisotopic (exact) mass is 261 g/mol. The van der Waals surface area contributed by atoms with Crippen molar-refractivity contribution in [3.63, 3.8) is 0 Å². The Morgan fingerprint density at radius 2 is 2.06 bits per heavy atom. The maximum absolute atomic E-state index is 10.2. The maximum Gasteiger partial charge on any atom is 0.346 e. The first-order chi connectivity index (χ1) is 8.45. The van der Waals surface area contributed by atoms with Gasteiger partial charge in [-0.2, -0.15) is 4.98 Å². The van der Waals surface area contributed by atoms with E-state index in [-0.39, 0.29) is 5.82 Å². The van der Waals surface area contributed by atoms with Crippen LogP contribution >= 0.6 is 0 Å². The predicted molar refractivity (Wildman–Crippen MR) is 59.2 cm³/mol. The number of nitrogen functional groups attached to an aromatic ring is 1. The highest BCUT2D eigenvalue weighted by atomic mass is 16.6. The summed E-state index contributed by atoms with van der Waals surface area (Å²) < 4.78 is 4.54. The molecule has 2 heterocycles. The Balaban J connectivity index is 0.000000184. The van der Waals surface area contributed by atoms with Crippen LogP contribution in [-0.4, -0.2) is 61.6 Å². The van der Waals surface area contributed by atoms with Gasteiger partial charge in [0.2, 0.25) is 0 Å². The van der Waals surface area contributed by atoms with Crippen molar-refractivity contribution < 1.29 is 25.2 Å². The molecule has 4 atom stereocenters. The lowest BCUT2D eigenvalue weighted by Crippen LogP contribution is -2.33. The number of anilines is 1. The Labute approximate surface area is 101 Å². The molecular formula is C9H15N3O6. The fourth-order valence-electron chi connectivity index (χ4n) is 1.26. The maximum atomic E-state index is 10.2. The summed E-state index contributed by atoms with van der Waals surface area (Å²) in [5.41, 5.74) is 4.72. The van der Waals surface area contributed by atoms with Crippen LogP contribution in [0.3, 0.4) is 0 Å². The molecule has 102 valence electrons. The minimum Gasteiger partial charge on any atom is -0.394 e. The molecular weight excluding hydrogens is 246 g/mol. The van der Waals surface area contributed by atoms with E-state index in [9.17, 15) is 4.79 Å². The van der Waals surface area contributed by atoms with Crippen LogP contribution in [0.15, 0.2) is 17.1 Å². The van der Waals surface area contributed by atoms with Gasteiger partial charge in [0.15, 0.2) is 6.29 Å². The van der Waals surface area contributed by atoms with Crippen LogP contribution < -0.4 is 11.4 Å². The Bertz CT molecular complexity index is 425. The number of aromatic nitrogens is 2. The van der Waals surface area contributed by atoms with Gasteiger partial charge in [-0.15, -0.1) is 0 Å². The third-order valence-corrected chi connectivity index (χ3v) is 2.21. The van der Waals surface area contributed by atoms with Crippen LogP contribution in [0.1, 0.15) is 0 Å². The van der Waals surface area contributed by atoms with Gasteiger partial charge in [0, 0.05) is 6.20 Å². The van der Waals surface area contributed by atoms with E-state index >= 15 is 0 Å². The molecule has 7 N–H and O–H groups in total. The van der Waals surface area contributed by atoms with Gasteiger partial charge < -0.3 is 35.9 Å². The molecule has 1 aliphatic heterocycles. The van der Waals surface area contributed by atoms with Crippen molar-refractivity contribution in [1.82, 2.24) is 9.97 Å². The van der Waals surface area contributed by atoms with Gasteiger partial charge in [-0.25, -0.2) is 4.79 Å². The third kappa shape index (κ3) is 3.75. The molecule has 18 heavy (non-hydrogen) atoms. The summed E-state index contributed by atoms with van der Waals surface area (Å²) in [5, 5.41) is 35.0.